The van der Waals surface area contributed by atoms with Crippen LogP contribution >= 0.6 is 0 Å². The molecule has 2 unspecified atom stereocenters. The van der Waals surface area contributed by atoms with Gasteiger partial charge in [-0.15, -0.1) is 0 Å². The van der Waals surface area contributed by atoms with E-state index in [1.165, 1.54) is 18.2 Å². The van der Waals surface area contributed by atoms with Crippen LogP contribution in [0.2, 0.25) is 0 Å². The topological polar surface area (TPSA) is 76.8 Å². The van der Waals surface area contributed by atoms with Crippen molar-refractivity contribution in [3.05, 3.63) is 35.4 Å². The van der Waals surface area contributed by atoms with E-state index in [0.717, 1.165) is 26.3 Å². The number of carbonyl (C=O) groups excluding carboxylic acids is 1. The number of rotatable bonds is 7. The van der Waals surface area contributed by atoms with Crippen molar-refractivity contribution < 1.29 is 14.3 Å². The van der Waals surface area contributed by atoms with E-state index < -0.39 is 6.04 Å². The monoisotopic (exact) mass is 321 g/mol. The second-order valence-corrected chi connectivity index (χ2v) is 5.88. The lowest BCUT2D eigenvalue weighted by atomic mass is 10.0. The maximum atomic E-state index is 12.0. The number of aryl methyl sites for hydroxylation is 1. The molecule has 1 aromatic carbocycles. The highest BCUT2D eigenvalue weighted by atomic mass is 16.5. The van der Waals surface area contributed by atoms with Crippen molar-refractivity contribution >= 4 is 5.91 Å². The highest BCUT2D eigenvalue weighted by Gasteiger charge is 2.24. The van der Waals surface area contributed by atoms with Gasteiger partial charge in [-0.3, -0.25) is 9.69 Å². The fraction of sp³-hybridized carbons (Fsp3) is 0.588. The Bertz CT molecular complexity index is 486. The summed E-state index contributed by atoms with van der Waals surface area (Å²) in [6.07, 6.45) is 0. The zero-order chi connectivity index (χ0) is 16.7. The Morgan fingerprint density at radius 3 is 2.61 bits per heavy atom. The van der Waals surface area contributed by atoms with Crippen LogP contribution < -0.4 is 11.1 Å². The largest absolute Gasteiger partial charge is 0.383 e. The number of hydrogen-bond acceptors (Lipinski definition) is 5. The molecule has 0 aliphatic carbocycles. The van der Waals surface area contributed by atoms with Crippen LogP contribution in [0.4, 0.5) is 0 Å². The highest BCUT2D eigenvalue weighted by Crippen LogP contribution is 2.21. The Hall–Kier alpha value is -1.47. The van der Waals surface area contributed by atoms with Crippen LogP contribution in [-0.2, 0) is 14.3 Å². The zero-order valence-electron chi connectivity index (χ0n) is 14.0. The first kappa shape index (κ1) is 17.9. The standard InChI is InChI=1S/C17H27N3O3/c1-13-3-5-14(6-4-13)16(20-7-9-23-10-8-20)11-19-17(21)15(18)12-22-2/h3-6,15-16H,7-12,18H2,1-2H3,(H,19,21). The van der Waals surface area contributed by atoms with Crippen LogP contribution in [0, 0.1) is 6.92 Å². The minimum absolute atomic E-state index is 0.123. The summed E-state index contributed by atoms with van der Waals surface area (Å²) in [6.45, 7) is 5.98. The molecule has 0 saturated carbocycles. The summed E-state index contributed by atoms with van der Waals surface area (Å²) in [7, 11) is 1.54. The molecule has 2 atom stereocenters. The number of benzene rings is 1. The van der Waals surface area contributed by atoms with Crippen LogP contribution in [0.5, 0.6) is 0 Å². The van der Waals surface area contributed by atoms with Gasteiger partial charge in [-0.25, -0.2) is 0 Å². The van der Waals surface area contributed by atoms with E-state index >= 15 is 0 Å². The Kier molecular flexibility index (Phi) is 6.98. The van der Waals surface area contributed by atoms with Crippen molar-refractivity contribution in [2.24, 2.45) is 5.73 Å². The number of nitrogens with one attached hydrogen (secondary N) is 1. The molecule has 1 amide bonds. The van der Waals surface area contributed by atoms with E-state index in [4.69, 9.17) is 15.2 Å². The molecule has 1 aliphatic rings. The van der Waals surface area contributed by atoms with Crippen molar-refractivity contribution in [2.45, 2.75) is 19.0 Å². The Balaban J connectivity index is 2.04. The number of methoxy groups -OCH3 is 1. The number of nitrogens with zero attached hydrogens (tertiary/aromatic N) is 1. The molecule has 6 heteroatoms. The van der Waals surface area contributed by atoms with Crippen LogP contribution in [0.1, 0.15) is 17.2 Å². The number of hydrogen-bond donors (Lipinski definition) is 2. The van der Waals surface area contributed by atoms with E-state index in [-0.39, 0.29) is 18.6 Å². The van der Waals surface area contributed by atoms with Gasteiger partial charge >= 0.3 is 0 Å². The van der Waals surface area contributed by atoms with Crippen molar-refractivity contribution in [3.63, 3.8) is 0 Å². The number of ether oxygens (including phenoxy) is 2. The molecule has 1 fully saturated rings. The quantitative estimate of drug-likeness (QED) is 0.763. The summed E-state index contributed by atoms with van der Waals surface area (Å²) in [5, 5.41) is 2.95. The summed E-state index contributed by atoms with van der Waals surface area (Å²) >= 11 is 0. The second kappa shape index (κ2) is 8.98. The number of morpholine rings is 1. The smallest absolute Gasteiger partial charge is 0.239 e. The molecule has 3 N–H and O–H groups in total. The fourth-order valence-electron chi connectivity index (χ4n) is 2.72. The van der Waals surface area contributed by atoms with E-state index in [9.17, 15) is 4.79 Å². The SMILES string of the molecule is COCC(N)C(=O)NCC(c1ccc(C)cc1)N1CCOCC1. The molecule has 0 bridgehead atoms. The van der Waals surface area contributed by atoms with Crippen molar-refractivity contribution in [1.29, 1.82) is 0 Å². The molecule has 1 heterocycles. The average molecular weight is 321 g/mol. The van der Waals surface area contributed by atoms with Gasteiger partial charge in [-0.1, -0.05) is 29.8 Å². The average Bonchev–Trinajstić information content (AvgIpc) is 2.57. The molecule has 23 heavy (non-hydrogen) atoms. The fourth-order valence-corrected chi connectivity index (χ4v) is 2.72. The first-order valence-corrected chi connectivity index (χ1v) is 8.02. The molecular formula is C17H27N3O3. The van der Waals surface area contributed by atoms with E-state index in [2.05, 4.69) is 41.4 Å². The molecule has 0 aromatic heterocycles. The van der Waals surface area contributed by atoms with Gasteiger partial charge in [-0.05, 0) is 12.5 Å². The summed E-state index contributed by atoms with van der Waals surface area (Å²) in [5.41, 5.74) is 8.20. The van der Waals surface area contributed by atoms with Gasteiger partial charge in [0, 0.05) is 26.7 Å². The summed E-state index contributed by atoms with van der Waals surface area (Å²) < 4.78 is 10.4. The summed E-state index contributed by atoms with van der Waals surface area (Å²) in [4.78, 5) is 14.4. The predicted octanol–water partition coefficient (Wildman–Crippen LogP) is 0.458. The van der Waals surface area contributed by atoms with Gasteiger partial charge in [0.25, 0.3) is 0 Å². The third-order valence-electron chi connectivity index (χ3n) is 4.10. The Morgan fingerprint density at radius 2 is 2.00 bits per heavy atom. The van der Waals surface area contributed by atoms with Gasteiger partial charge in [0.05, 0.1) is 25.9 Å². The number of amides is 1. The van der Waals surface area contributed by atoms with Gasteiger partial charge in [-0.2, -0.15) is 0 Å². The third kappa shape index (κ3) is 5.28. The van der Waals surface area contributed by atoms with Gasteiger partial charge in [0.15, 0.2) is 0 Å². The molecule has 6 nitrogen and oxygen atoms in total. The first-order valence-electron chi connectivity index (χ1n) is 8.02. The minimum Gasteiger partial charge on any atom is -0.383 e. The molecule has 2 rings (SSSR count). The normalized spacial score (nSPS) is 18.4. The number of nitrogens with two attached hydrogens (primary N) is 1. The number of carbonyl (C=O) groups is 1. The summed E-state index contributed by atoms with van der Waals surface area (Å²) in [5.74, 6) is -0.183. The maximum Gasteiger partial charge on any atom is 0.239 e. The summed E-state index contributed by atoms with van der Waals surface area (Å²) in [6, 6.07) is 7.93. The first-order chi connectivity index (χ1) is 11.1. The van der Waals surface area contributed by atoms with E-state index in [1.54, 1.807) is 0 Å². The van der Waals surface area contributed by atoms with Crippen molar-refractivity contribution in [3.8, 4) is 0 Å². The van der Waals surface area contributed by atoms with Gasteiger partial charge < -0.3 is 20.5 Å². The lowest BCUT2D eigenvalue weighted by molar-refractivity contribution is -0.123. The molecular weight excluding hydrogens is 294 g/mol. The molecule has 0 spiro atoms. The maximum absolute atomic E-state index is 12.0. The molecule has 1 aromatic rings. The highest BCUT2D eigenvalue weighted by molar-refractivity contribution is 5.81. The predicted molar refractivity (Wildman–Crippen MR) is 89.2 cm³/mol. The third-order valence-corrected chi connectivity index (χ3v) is 4.10. The van der Waals surface area contributed by atoms with Gasteiger partial charge in [0.1, 0.15) is 6.04 Å². The van der Waals surface area contributed by atoms with Crippen LogP contribution in [0.15, 0.2) is 24.3 Å². The van der Waals surface area contributed by atoms with Crippen molar-refractivity contribution in [2.75, 3.05) is 46.6 Å². The van der Waals surface area contributed by atoms with Crippen LogP contribution in [-0.4, -0.2) is 63.4 Å². The Labute approximate surface area is 137 Å². The lowest BCUT2D eigenvalue weighted by Gasteiger charge is -2.35. The Morgan fingerprint density at radius 1 is 1.35 bits per heavy atom. The van der Waals surface area contributed by atoms with Gasteiger partial charge in [0.2, 0.25) is 5.91 Å². The molecule has 128 valence electrons. The molecule has 1 saturated heterocycles. The zero-order valence-corrected chi connectivity index (χ0v) is 14.0. The van der Waals surface area contributed by atoms with Crippen molar-refractivity contribution in [1.82, 2.24) is 10.2 Å². The van der Waals surface area contributed by atoms with E-state index in [0.29, 0.717) is 6.54 Å². The molecule has 1 aliphatic heterocycles. The second-order valence-electron chi connectivity index (χ2n) is 5.88. The minimum atomic E-state index is -0.636. The van der Waals surface area contributed by atoms with Crippen LogP contribution in [0.25, 0.3) is 0 Å². The lowest BCUT2D eigenvalue weighted by Crippen LogP contribution is -2.48. The van der Waals surface area contributed by atoms with Crippen LogP contribution in [0.3, 0.4) is 0 Å². The van der Waals surface area contributed by atoms with E-state index in [1.807, 2.05) is 0 Å². The molecule has 0 radical (unpaired) electrons.